The number of para-hydroxylation sites is 1. The Kier molecular flexibility index (Phi) is 4.02. The summed E-state index contributed by atoms with van der Waals surface area (Å²) < 4.78 is 5.41. The maximum absolute atomic E-state index is 9.97. The number of nitrogens with two attached hydrogens (primary N) is 1. The molecule has 3 N–H and O–H groups in total. The topological polar surface area (TPSA) is 68.4 Å². The van der Waals surface area contributed by atoms with Gasteiger partial charge in [-0.05, 0) is 6.07 Å². The Balaban J connectivity index is 2.00. The molecule has 1 aromatic carbocycles. The summed E-state index contributed by atoms with van der Waals surface area (Å²) in [5, 5.41) is 10.5. The second kappa shape index (κ2) is 5.71. The van der Waals surface area contributed by atoms with Crippen LogP contribution in [0.4, 0.5) is 5.69 Å². The lowest BCUT2D eigenvalue weighted by Crippen LogP contribution is -2.11. The molecule has 94 valence electrons. The highest BCUT2D eigenvalue weighted by Gasteiger charge is 2.11. The summed E-state index contributed by atoms with van der Waals surface area (Å²) in [5.74, 6) is 0.510. The van der Waals surface area contributed by atoms with Crippen molar-refractivity contribution in [2.45, 2.75) is 6.10 Å². The lowest BCUT2D eigenvalue weighted by molar-refractivity contribution is 0.108. The largest absolute Gasteiger partial charge is 0.489 e. The van der Waals surface area contributed by atoms with Crippen molar-refractivity contribution in [2.24, 2.45) is 0 Å². The molecule has 0 saturated heterocycles. The molecular formula is C13H13ClN2O2. The van der Waals surface area contributed by atoms with Crippen LogP contribution in [-0.2, 0) is 0 Å². The van der Waals surface area contributed by atoms with Crippen LogP contribution in [0.5, 0.6) is 5.75 Å². The Morgan fingerprint density at radius 2 is 2.11 bits per heavy atom. The van der Waals surface area contributed by atoms with Crippen LogP contribution >= 0.6 is 11.6 Å². The summed E-state index contributed by atoms with van der Waals surface area (Å²) in [5.41, 5.74) is 6.95. The Hall–Kier alpha value is -1.78. The van der Waals surface area contributed by atoms with Crippen molar-refractivity contribution in [1.82, 2.24) is 4.98 Å². The van der Waals surface area contributed by atoms with Crippen LogP contribution in [-0.4, -0.2) is 16.7 Å². The van der Waals surface area contributed by atoms with Crippen LogP contribution in [0.15, 0.2) is 42.7 Å². The van der Waals surface area contributed by atoms with Crippen molar-refractivity contribution in [2.75, 3.05) is 12.3 Å². The monoisotopic (exact) mass is 264 g/mol. The van der Waals surface area contributed by atoms with E-state index in [4.69, 9.17) is 22.1 Å². The van der Waals surface area contributed by atoms with Crippen molar-refractivity contribution in [3.8, 4) is 5.75 Å². The highest BCUT2D eigenvalue weighted by Crippen LogP contribution is 2.22. The van der Waals surface area contributed by atoms with E-state index in [1.807, 2.05) is 12.1 Å². The number of halogens is 1. The molecule has 18 heavy (non-hydrogen) atoms. The third kappa shape index (κ3) is 3.12. The highest BCUT2D eigenvalue weighted by molar-refractivity contribution is 6.30. The summed E-state index contributed by atoms with van der Waals surface area (Å²) in [6.07, 6.45) is 2.26. The number of aliphatic hydroxyl groups is 1. The molecule has 0 radical (unpaired) electrons. The summed E-state index contributed by atoms with van der Waals surface area (Å²) in [6.45, 7) is 0.0935. The van der Waals surface area contributed by atoms with Crippen LogP contribution in [0.2, 0.25) is 5.02 Å². The maximum atomic E-state index is 9.97. The van der Waals surface area contributed by atoms with E-state index in [-0.39, 0.29) is 6.61 Å². The molecule has 0 aliphatic heterocycles. The molecule has 0 aliphatic rings. The third-order valence-corrected chi connectivity index (χ3v) is 2.65. The number of aliphatic hydroxyl groups excluding tert-OH is 1. The van der Waals surface area contributed by atoms with Crippen molar-refractivity contribution < 1.29 is 9.84 Å². The van der Waals surface area contributed by atoms with Crippen LogP contribution in [0.25, 0.3) is 0 Å². The van der Waals surface area contributed by atoms with E-state index in [0.29, 0.717) is 22.0 Å². The molecule has 0 saturated carbocycles. The van der Waals surface area contributed by atoms with Crippen LogP contribution in [0, 0.1) is 0 Å². The Labute approximate surface area is 110 Å². The summed E-state index contributed by atoms with van der Waals surface area (Å²) in [7, 11) is 0. The van der Waals surface area contributed by atoms with Gasteiger partial charge in [0.1, 0.15) is 18.5 Å². The maximum Gasteiger partial charge on any atom is 0.139 e. The number of nitrogens with zero attached hydrogens (tertiary/aromatic N) is 1. The van der Waals surface area contributed by atoms with Crippen molar-refractivity contribution in [3.05, 3.63) is 53.3 Å². The second-order valence-electron chi connectivity index (χ2n) is 3.79. The van der Waals surface area contributed by atoms with Gasteiger partial charge in [-0.3, -0.25) is 4.98 Å². The van der Waals surface area contributed by atoms with Gasteiger partial charge in [-0.25, -0.2) is 0 Å². The summed E-state index contributed by atoms with van der Waals surface area (Å²) in [4.78, 5) is 3.89. The van der Waals surface area contributed by atoms with Gasteiger partial charge in [0.2, 0.25) is 0 Å². The molecule has 5 heteroatoms. The number of hydrogen-bond acceptors (Lipinski definition) is 4. The molecule has 0 aliphatic carbocycles. The molecule has 1 heterocycles. The highest BCUT2D eigenvalue weighted by atomic mass is 35.5. The first-order valence-corrected chi connectivity index (χ1v) is 5.80. The number of aromatic nitrogens is 1. The van der Waals surface area contributed by atoms with Gasteiger partial charge in [-0.2, -0.15) is 0 Å². The molecule has 0 fully saturated rings. The number of rotatable bonds is 4. The summed E-state index contributed by atoms with van der Waals surface area (Å²) in [6, 6.07) is 8.76. The smallest absolute Gasteiger partial charge is 0.139 e. The Morgan fingerprint density at radius 1 is 1.33 bits per heavy atom. The van der Waals surface area contributed by atoms with E-state index in [0.717, 1.165) is 0 Å². The van der Waals surface area contributed by atoms with Gasteiger partial charge in [0, 0.05) is 23.5 Å². The Bertz CT molecular complexity index is 534. The molecule has 0 bridgehead atoms. The molecular weight excluding hydrogens is 252 g/mol. The normalized spacial score (nSPS) is 12.1. The first-order chi connectivity index (χ1) is 8.66. The average Bonchev–Trinajstić information content (AvgIpc) is 2.37. The first-order valence-electron chi connectivity index (χ1n) is 5.42. The van der Waals surface area contributed by atoms with E-state index in [1.54, 1.807) is 18.2 Å². The summed E-state index contributed by atoms with van der Waals surface area (Å²) >= 11 is 5.78. The molecule has 0 amide bonds. The van der Waals surface area contributed by atoms with Crippen molar-refractivity contribution in [3.63, 3.8) is 0 Å². The third-order valence-electron chi connectivity index (χ3n) is 2.44. The number of nitrogen functional groups attached to an aromatic ring is 1. The minimum absolute atomic E-state index is 0.0935. The predicted octanol–water partition coefficient (Wildman–Crippen LogP) is 2.43. The number of hydrogen-bond donors (Lipinski definition) is 2. The zero-order valence-corrected chi connectivity index (χ0v) is 10.3. The fraction of sp³-hybridized carbons (Fsp3) is 0.154. The van der Waals surface area contributed by atoms with E-state index in [1.165, 1.54) is 12.4 Å². The molecule has 0 spiro atoms. The number of benzene rings is 1. The lowest BCUT2D eigenvalue weighted by atomic mass is 10.1. The zero-order valence-electron chi connectivity index (χ0n) is 9.58. The van der Waals surface area contributed by atoms with Crippen LogP contribution in [0.1, 0.15) is 11.7 Å². The zero-order chi connectivity index (χ0) is 13.0. The van der Waals surface area contributed by atoms with Crippen molar-refractivity contribution in [1.29, 1.82) is 0 Å². The molecule has 1 aromatic heterocycles. The molecule has 2 rings (SSSR count). The fourth-order valence-electron chi connectivity index (χ4n) is 1.55. The first kappa shape index (κ1) is 12.7. The van der Waals surface area contributed by atoms with Gasteiger partial charge < -0.3 is 15.6 Å². The van der Waals surface area contributed by atoms with Gasteiger partial charge in [-0.1, -0.05) is 29.8 Å². The van der Waals surface area contributed by atoms with Crippen LogP contribution < -0.4 is 10.5 Å². The number of anilines is 1. The average molecular weight is 265 g/mol. The standard InChI is InChI=1S/C13H13ClN2O2/c14-9-5-10(7-16-6-9)18-8-13(17)11-3-1-2-4-12(11)15/h1-7,13,17H,8,15H2. The van der Waals surface area contributed by atoms with E-state index in [9.17, 15) is 5.11 Å². The van der Waals surface area contributed by atoms with Crippen LogP contribution in [0.3, 0.4) is 0 Å². The quantitative estimate of drug-likeness (QED) is 0.833. The minimum atomic E-state index is -0.787. The van der Waals surface area contributed by atoms with Gasteiger partial charge in [0.15, 0.2) is 0 Å². The van der Waals surface area contributed by atoms with Gasteiger partial charge in [0.25, 0.3) is 0 Å². The fourth-order valence-corrected chi connectivity index (χ4v) is 1.71. The van der Waals surface area contributed by atoms with Crippen molar-refractivity contribution >= 4 is 17.3 Å². The molecule has 4 nitrogen and oxygen atoms in total. The van der Waals surface area contributed by atoms with Gasteiger partial charge >= 0.3 is 0 Å². The minimum Gasteiger partial charge on any atom is -0.489 e. The SMILES string of the molecule is Nc1ccccc1C(O)COc1cncc(Cl)c1. The van der Waals surface area contributed by atoms with E-state index in [2.05, 4.69) is 4.98 Å². The molecule has 2 aromatic rings. The van der Waals surface area contributed by atoms with Gasteiger partial charge in [0.05, 0.1) is 11.2 Å². The predicted molar refractivity (Wildman–Crippen MR) is 70.6 cm³/mol. The molecule has 1 atom stereocenters. The second-order valence-corrected chi connectivity index (χ2v) is 4.23. The van der Waals surface area contributed by atoms with Gasteiger partial charge in [-0.15, -0.1) is 0 Å². The Morgan fingerprint density at radius 3 is 2.83 bits per heavy atom. The number of pyridine rings is 1. The number of ether oxygens (including phenoxy) is 1. The lowest BCUT2D eigenvalue weighted by Gasteiger charge is -2.14. The van der Waals surface area contributed by atoms with E-state index >= 15 is 0 Å². The van der Waals surface area contributed by atoms with E-state index < -0.39 is 6.10 Å². The molecule has 1 unspecified atom stereocenters.